The van der Waals surface area contributed by atoms with E-state index in [1.165, 1.54) is 0 Å². The first kappa shape index (κ1) is 18.6. The number of benzene rings is 1. The van der Waals surface area contributed by atoms with Crippen molar-refractivity contribution in [3.8, 4) is 22.5 Å². The van der Waals surface area contributed by atoms with Gasteiger partial charge in [-0.25, -0.2) is 0 Å². The zero-order valence-corrected chi connectivity index (χ0v) is 16.4. The third-order valence-electron chi connectivity index (χ3n) is 5.77. The zero-order valence-electron chi connectivity index (χ0n) is 16.4. The monoisotopic (exact) mass is 402 g/mol. The fraction of sp³-hybridized carbons (Fsp3) is 0.261. The Kier molecular flexibility index (Phi) is 4.80. The van der Waals surface area contributed by atoms with Crippen LogP contribution in [0, 0.1) is 0 Å². The second-order valence-corrected chi connectivity index (χ2v) is 7.67. The van der Waals surface area contributed by atoms with Gasteiger partial charge in [0, 0.05) is 41.7 Å². The quantitative estimate of drug-likeness (QED) is 0.460. The molecule has 0 spiro atoms. The van der Waals surface area contributed by atoms with Crippen LogP contribution in [-0.4, -0.2) is 40.9 Å². The zero-order chi connectivity index (χ0) is 20.5. The maximum absolute atomic E-state index is 12.8. The highest BCUT2D eigenvalue weighted by atomic mass is 16.4. The molecule has 3 heterocycles. The number of carbonyl (C=O) groups is 1. The molecule has 1 aliphatic carbocycles. The van der Waals surface area contributed by atoms with E-state index in [-0.39, 0.29) is 11.9 Å². The lowest BCUT2D eigenvalue weighted by Gasteiger charge is -2.09. The average molecular weight is 402 g/mol. The van der Waals surface area contributed by atoms with E-state index in [1.807, 2.05) is 24.3 Å². The van der Waals surface area contributed by atoms with Crippen LogP contribution in [0.3, 0.4) is 0 Å². The van der Waals surface area contributed by atoms with E-state index in [2.05, 4.69) is 26.8 Å². The molecule has 2 aromatic heterocycles. The molecule has 0 saturated carbocycles. The number of amides is 1. The normalized spacial score (nSPS) is 19.2. The Labute approximate surface area is 173 Å². The van der Waals surface area contributed by atoms with Crippen LogP contribution in [0.2, 0.25) is 0 Å². The van der Waals surface area contributed by atoms with Gasteiger partial charge in [-0.1, -0.05) is 17.3 Å². The Hall–Kier alpha value is -3.45. The lowest BCUT2D eigenvalue weighted by molar-refractivity contribution is 0.0913. The third kappa shape index (κ3) is 3.37. The van der Waals surface area contributed by atoms with Gasteiger partial charge < -0.3 is 20.3 Å². The smallest absolute Gasteiger partial charge is 0.287 e. The van der Waals surface area contributed by atoms with Crippen LogP contribution in [0.5, 0.6) is 0 Å². The number of fused-ring (bicyclic) bond motifs is 1. The summed E-state index contributed by atoms with van der Waals surface area (Å²) >= 11 is 0. The van der Waals surface area contributed by atoms with E-state index in [1.54, 1.807) is 18.5 Å². The summed E-state index contributed by atoms with van der Waals surface area (Å²) in [6.45, 7) is 1.68. The Balaban J connectivity index is 1.55. The molecule has 7 nitrogen and oxygen atoms in total. The van der Waals surface area contributed by atoms with Crippen molar-refractivity contribution < 1.29 is 14.4 Å². The molecule has 0 radical (unpaired) electrons. The van der Waals surface area contributed by atoms with Gasteiger partial charge in [0.2, 0.25) is 0 Å². The lowest BCUT2D eigenvalue weighted by atomic mass is 9.99. The molecule has 1 unspecified atom stereocenters. The van der Waals surface area contributed by atoms with E-state index in [0.717, 1.165) is 53.7 Å². The van der Waals surface area contributed by atoms with E-state index < -0.39 is 0 Å². The summed E-state index contributed by atoms with van der Waals surface area (Å²) in [5.41, 5.74) is 5.45. The molecular weight excluding hydrogens is 380 g/mol. The number of furan rings is 1. The van der Waals surface area contributed by atoms with Crippen molar-refractivity contribution in [3.63, 3.8) is 0 Å². The molecule has 7 heteroatoms. The molecule has 1 fully saturated rings. The summed E-state index contributed by atoms with van der Waals surface area (Å²) in [4.78, 5) is 16.9. The highest BCUT2D eigenvalue weighted by Gasteiger charge is 2.24. The highest BCUT2D eigenvalue weighted by molar-refractivity contribution is 6.04. The van der Waals surface area contributed by atoms with E-state index in [9.17, 15) is 10.0 Å². The fourth-order valence-corrected chi connectivity index (χ4v) is 4.21. The minimum absolute atomic E-state index is 0.117. The van der Waals surface area contributed by atoms with Crippen LogP contribution in [0.25, 0.3) is 22.5 Å². The number of aromatic nitrogens is 1. The van der Waals surface area contributed by atoms with Crippen LogP contribution < -0.4 is 10.6 Å². The number of nitrogens with one attached hydrogen (secondary N) is 2. The van der Waals surface area contributed by atoms with Crippen LogP contribution in [-0.2, 0) is 6.42 Å². The molecule has 3 N–H and O–H groups in total. The highest BCUT2D eigenvalue weighted by Crippen LogP contribution is 2.37. The predicted octanol–water partition coefficient (Wildman–Crippen LogP) is 3.22. The van der Waals surface area contributed by atoms with Gasteiger partial charge in [-0.05, 0) is 61.2 Å². The van der Waals surface area contributed by atoms with Gasteiger partial charge in [-0.3, -0.25) is 9.78 Å². The molecule has 1 atom stereocenters. The number of hydrogen-bond acceptors (Lipinski definition) is 6. The largest absolute Gasteiger partial charge is 0.450 e. The van der Waals surface area contributed by atoms with Crippen LogP contribution >= 0.6 is 0 Å². The lowest BCUT2D eigenvalue weighted by Crippen LogP contribution is -2.35. The minimum Gasteiger partial charge on any atom is -0.450 e. The Bertz CT molecular complexity index is 1110. The van der Waals surface area contributed by atoms with Gasteiger partial charge in [-0.15, -0.1) is 0 Å². The van der Waals surface area contributed by atoms with Gasteiger partial charge >= 0.3 is 0 Å². The molecule has 1 amide bonds. The molecule has 1 aliphatic heterocycles. The van der Waals surface area contributed by atoms with Gasteiger partial charge in [0.15, 0.2) is 5.76 Å². The Morgan fingerprint density at radius 1 is 1.13 bits per heavy atom. The van der Waals surface area contributed by atoms with Crippen molar-refractivity contribution in [1.29, 1.82) is 0 Å². The fourth-order valence-electron chi connectivity index (χ4n) is 4.21. The number of carbonyl (C=O) groups excluding carboxylic acids is 1. The van der Waals surface area contributed by atoms with Crippen LogP contribution in [0.4, 0.5) is 0 Å². The van der Waals surface area contributed by atoms with E-state index in [4.69, 9.17) is 4.42 Å². The third-order valence-corrected chi connectivity index (χ3v) is 5.77. The van der Waals surface area contributed by atoms with Crippen molar-refractivity contribution in [2.75, 3.05) is 13.1 Å². The second kappa shape index (κ2) is 7.76. The molecule has 5 rings (SSSR count). The number of hydrogen-bond donors (Lipinski definition) is 3. The number of aryl methyl sites for hydroxylation is 1. The number of rotatable bonds is 4. The summed E-state index contributed by atoms with van der Waals surface area (Å²) in [6, 6.07) is 11.7. The maximum Gasteiger partial charge on any atom is 0.287 e. The van der Waals surface area contributed by atoms with Crippen molar-refractivity contribution in [2.24, 2.45) is 5.16 Å². The average Bonchev–Trinajstić information content (AvgIpc) is 3.53. The summed E-state index contributed by atoms with van der Waals surface area (Å²) in [5, 5.41) is 18.9. The minimum atomic E-state index is -0.207. The number of pyridine rings is 1. The first-order valence-corrected chi connectivity index (χ1v) is 10.1. The van der Waals surface area contributed by atoms with Gasteiger partial charge in [-0.2, -0.15) is 0 Å². The van der Waals surface area contributed by atoms with Crippen molar-refractivity contribution in [1.82, 2.24) is 15.6 Å². The summed E-state index contributed by atoms with van der Waals surface area (Å²) < 4.78 is 6.11. The van der Waals surface area contributed by atoms with Crippen LogP contribution in [0.1, 0.15) is 34.5 Å². The van der Waals surface area contributed by atoms with E-state index >= 15 is 0 Å². The summed E-state index contributed by atoms with van der Waals surface area (Å²) in [7, 11) is 0. The van der Waals surface area contributed by atoms with Crippen molar-refractivity contribution in [3.05, 3.63) is 65.7 Å². The molecular formula is C23H22N4O3. The van der Waals surface area contributed by atoms with Gasteiger partial charge in [0.1, 0.15) is 5.76 Å². The maximum atomic E-state index is 12.8. The molecule has 2 aliphatic rings. The Morgan fingerprint density at radius 2 is 2.00 bits per heavy atom. The molecule has 0 bridgehead atoms. The Morgan fingerprint density at radius 3 is 2.77 bits per heavy atom. The van der Waals surface area contributed by atoms with Crippen molar-refractivity contribution >= 4 is 11.6 Å². The molecule has 3 aromatic rings. The molecule has 1 aromatic carbocycles. The van der Waals surface area contributed by atoms with Crippen molar-refractivity contribution in [2.45, 2.75) is 25.3 Å². The SMILES string of the molecule is O=C(NC1CCNC1)c1cc(-c2ccncc2)c(-c2ccc3c(c2)CCC3=NO)o1. The standard InChI is InChI=1S/C23H22N4O3/c28-23(26-17-7-10-25-13-17)21-12-19(14-5-8-24-9-6-14)22(30-21)16-1-3-18-15(11-16)2-4-20(18)27-29/h1,3,5-6,8-9,11-12,17,25,29H,2,4,7,10,13H2,(H,26,28). The molecule has 152 valence electrons. The first-order valence-electron chi connectivity index (χ1n) is 10.1. The van der Waals surface area contributed by atoms with Crippen LogP contribution in [0.15, 0.2) is 58.4 Å². The van der Waals surface area contributed by atoms with Gasteiger partial charge in [0.05, 0.1) is 5.71 Å². The predicted molar refractivity (Wildman–Crippen MR) is 113 cm³/mol. The second-order valence-electron chi connectivity index (χ2n) is 7.67. The summed E-state index contributed by atoms with van der Waals surface area (Å²) in [5.74, 6) is 0.732. The number of oxime groups is 1. The number of nitrogens with zero attached hydrogens (tertiary/aromatic N) is 2. The first-order chi connectivity index (χ1) is 14.7. The topological polar surface area (TPSA) is 99.8 Å². The van der Waals surface area contributed by atoms with Gasteiger partial charge in [0.25, 0.3) is 5.91 Å². The summed E-state index contributed by atoms with van der Waals surface area (Å²) in [6.07, 6.45) is 5.89. The molecule has 30 heavy (non-hydrogen) atoms. The van der Waals surface area contributed by atoms with E-state index in [0.29, 0.717) is 23.7 Å². The molecule has 1 saturated heterocycles.